The molecule has 0 bridgehead atoms. The molecule has 3 heterocycles. The summed E-state index contributed by atoms with van der Waals surface area (Å²) < 4.78 is 2.13. The van der Waals surface area contributed by atoms with E-state index in [0.29, 0.717) is 22.3 Å². The summed E-state index contributed by atoms with van der Waals surface area (Å²) in [7, 11) is 0. The zero-order valence-corrected chi connectivity index (χ0v) is 13.5. The van der Waals surface area contributed by atoms with Crippen molar-refractivity contribution in [2.45, 2.75) is 18.9 Å². The predicted octanol–water partition coefficient (Wildman–Crippen LogP) is 2.05. The molecule has 7 heteroatoms. The van der Waals surface area contributed by atoms with E-state index in [9.17, 15) is 9.90 Å². The average molecular weight is 346 g/mol. The Balaban J connectivity index is 1.92. The zero-order chi connectivity index (χ0) is 16.0. The second kappa shape index (κ2) is 5.47. The summed E-state index contributed by atoms with van der Waals surface area (Å²) in [5.74, 6) is 0.399. The Morgan fingerprint density at radius 3 is 2.83 bits per heavy atom. The summed E-state index contributed by atoms with van der Waals surface area (Å²) in [6.07, 6.45) is 3.11. The number of nitrogens with zero attached hydrogens (tertiary/aromatic N) is 2. The van der Waals surface area contributed by atoms with Crippen LogP contribution < -0.4 is 15.2 Å². The van der Waals surface area contributed by atoms with Crippen LogP contribution in [0.3, 0.4) is 0 Å². The van der Waals surface area contributed by atoms with E-state index in [1.165, 1.54) is 11.3 Å². The minimum absolute atomic E-state index is 0.123. The lowest BCUT2D eigenvalue weighted by molar-refractivity contribution is -0.745. The zero-order valence-electron chi connectivity index (χ0n) is 12.0. The maximum atomic E-state index is 13.0. The molecule has 0 fully saturated rings. The SMILES string of the molecule is O=c1[nH]c2[n+](c([O-])c1-c1ccccc1)[C@H](c1cnc(Cl)s1)CC2. The lowest BCUT2D eigenvalue weighted by Crippen LogP contribution is -2.45. The molecule has 0 saturated carbocycles. The van der Waals surface area contributed by atoms with Crippen LogP contribution in [0.2, 0.25) is 4.47 Å². The van der Waals surface area contributed by atoms with E-state index >= 15 is 0 Å². The summed E-state index contributed by atoms with van der Waals surface area (Å²) in [6, 6.07) is 8.89. The van der Waals surface area contributed by atoms with Crippen LogP contribution >= 0.6 is 22.9 Å². The molecule has 0 radical (unpaired) electrons. The third-order valence-corrected chi connectivity index (χ3v) is 5.28. The quantitative estimate of drug-likeness (QED) is 0.722. The first-order chi connectivity index (χ1) is 11.1. The number of aromatic amines is 1. The number of rotatable bonds is 2. The maximum Gasteiger partial charge on any atom is 0.342 e. The van der Waals surface area contributed by atoms with E-state index in [1.807, 2.05) is 18.2 Å². The van der Waals surface area contributed by atoms with Gasteiger partial charge in [-0.15, -0.1) is 11.3 Å². The summed E-state index contributed by atoms with van der Waals surface area (Å²) in [5.41, 5.74) is 0.467. The van der Waals surface area contributed by atoms with Gasteiger partial charge in [0.25, 0.3) is 5.82 Å². The number of hydrogen-bond donors (Lipinski definition) is 1. The van der Waals surface area contributed by atoms with Gasteiger partial charge in [-0.1, -0.05) is 41.9 Å². The average Bonchev–Trinajstić information content (AvgIpc) is 3.14. The van der Waals surface area contributed by atoms with Crippen LogP contribution in [0.15, 0.2) is 41.3 Å². The van der Waals surface area contributed by atoms with E-state index in [1.54, 1.807) is 22.9 Å². The lowest BCUT2D eigenvalue weighted by atomic mass is 10.1. The summed E-state index contributed by atoms with van der Waals surface area (Å²) in [5, 5.41) is 13.0. The monoisotopic (exact) mass is 345 g/mol. The Morgan fingerprint density at radius 1 is 1.35 bits per heavy atom. The van der Waals surface area contributed by atoms with Crippen LogP contribution in [0.5, 0.6) is 5.88 Å². The Bertz CT molecular complexity index is 936. The smallest absolute Gasteiger partial charge is 0.342 e. The van der Waals surface area contributed by atoms with E-state index in [4.69, 9.17) is 11.6 Å². The number of hydrogen-bond acceptors (Lipinski definition) is 4. The Labute approximate surface area is 140 Å². The Hall–Kier alpha value is -2.18. The second-order valence-electron chi connectivity index (χ2n) is 5.39. The van der Waals surface area contributed by atoms with Gasteiger partial charge in [0.1, 0.15) is 11.6 Å². The van der Waals surface area contributed by atoms with Gasteiger partial charge in [0, 0.05) is 12.6 Å². The van der Waals surface area contributed by atoms with Crippen molar-refractivity contribution in [3.63, 3.8) is 0 Å². The number of aryl methyl sites for hydroxylation is 1. The van der Waals surface area contributed by atoms with E-state index in [-0.39, 0.29) is 23.0 Å². The number of halogens is 1. The number of aromatic nitrogens is 3. The molecule has 4 rings (SSSR count). The fourth-order valence-corrected chi connectivity index (χ4v) is 4.14. The molecule has 0 unspecified atom stereocenters. The van der Waals surface area contributed by atoms with Crippen molar-refractivity contribution in [3.8, 4) is 17.0 Å². The number of nitrogens with one attached hydrogen (secondary N) is 1. The van der Waals surface area contributed by atoms with E-state index < -0.39 is 0 Å². The van der Waals surface area contributed by atoms with Crippen molar-refractivity contribution in [2.75, 3.05) is 0 Å². The number of benzene rings is 1. The third-order valence-electron chi connectivity index (χ3n) is 4.06. The molecule has 2 aromatic heterocycles. The van der Waals surface area contributed by atoms with Crippen molar-refractivity contribution in [1.29, 1.82) is 0 Å². The molecule has 1 aliphatic heterocycles. The number of thiazole rings is 1. The lowest BCUT2D eigenvalue weighted by Gasteiger charge is -2.17. The molecule has 0 saturated heterocycles. The van der Waals surface area contributed by atoms with Gasteiger partial charge in [-0.25, -0.2) is 19.3 Å². The van der Waals surface area contributed by atoms with Gasteiger partial charge in [-0.05, 0) is 5.56 Å². The van der Waals surface area contributed by atoms with Gasteiger partial charge in [0.05, 0.1) is 17.2 Å². The number of fused-ring (bicyclic) bond motifs is 1. The van der Waals surface area contributed by atoms with Gasteiger partial charge in [0.15, 0.2) is 4.47 Å². The summed E-state index contributed by atoms with van der Waals surface area (Å²) in [4.78, 5) is 20.2. The predicted molar refractivity (Wildman–Crippen MR) is 85.7 cm³/mol. The van der Waals surface area contributed by atoms with Gasteiger partial charge >= 0.3 is 5.56 Å². The van der Waals surface area contributed by atoms with Crippen molar-refractivity contribution in [2.24, 2.45) is 0 Å². The highest BCUT2D eigenvalue weighted by molar-refractivity contribution is 7.15. The molecular formula is C16H12ClN3O2S. The van der Waals surface area contributed by atoms with E-state index in [2.05, 4.69) is 9.97 Å². The van der Waals surface area contributed by atoms with Crippen molar-refractivity contribution in [1.82, 2.24) is 9.97 Å². The third kappa shape index (κ3) is 2.34. The summed E-state index contributed by atoms with van der Waals surface area (Å²) in [6.45, 7) is 0. The molecular weight excluding hydrogens is 334 g/mol. The maximum absolute atomic E-state index is 13.0. The van der Waals surface area contributed by atoms with Gasteiger partial charge < -0.3 is 5.11 Å². The Morgan fingerprint density at radius 2 is 2.13 bits per heavy atom. The first-order valence-corrected chi connectivity index (χ1v) is 8.39. The van der Waals surface area contributed by atoms with Gasteiger partial charge in [-0.2, -0.15) is 0 Å². The fraction of sp³-hybridized carbons (Fsp3) is 0.188. The molecule has 116 valence electrons. The molecule has 0 spiro atoms. The van der Waals surface area contributed by atoms with Crippen LogP contribution in [0.1, 0.15) is 23.2 Å². The second-order valence-corrected chi connectivity index (χ2v) is 7.03. The van der Waals surface area contributed by atoms with Crippen molar-refractivity contribution < 1.29 is 9.67 Å². The molecule has 0 amide bonds. The first-order valence-electron chi connectivity index (χ1n) is 7.19. The van der Waals surface area contributed by atoms with Crippen LogP contribution in [-0.2, 0) is 6.42 Å². The van der Waals surface area contributed by atoms with Gasteiger partial charge in [0.2, 0.25) is 0 Å². The standard InChI is InChI=1S/C16H12ClN3O2S/c17-16-18-8-11(23-16)10-6-7-12-19-14(21)13(15(22)20(10)12)9-4-2-1-3-5-9/h1-5,8,10H,6-7H2,(H,21,22)/t10-/m0/s1. The Kier molecular flexibility index (Phi) is 3.43. The first kappa shape index (κ1) is 14.4. The van der Waals surface area contributed by atoms with Crippen molar-refractivity contribution in [3.05, 3.63) is 62.1 Å². The van der Waals surface area contributed by atoms with Crippen LogP contribution in [-0.4, -0.2) is 9.97 Å². The molecule has 5 nitrogen and oxygen atoms in total. The molecule has 23 heavy (non-hydrogen) atoms. The van der Waals surface area contributed by atoms with Crippen LogP contribution in [0.25, 0.3) is 11.1 Å². The van der Waals surface area contributed by atoms with Crippen LogP contribution in [0, 0.1) is 0 Å². The highest BCUT2D eigenvalue weighted by atomic mass is 35.5. The van der Waals surface area contributed by atoms with Crippen molar-refractivity contribution >= 4 is 22.9 Å². The minimum Gasteiger partial charge on any atom is -0.842 e. The van der Waals surface area contributed by atoms with Crippen LogP contribution in [0.4, 0.5) is 0 Å². The molecule has 1 atom stereocenters. The number of H-pyrrole nitrogens is 1. The largest absolute Gasteiger partial charge is 0.842 e. The molecule has 1 N–H and O–H groups in total. The highest BCUT2D eigenvalue weighted by Crippen LogP contribution is 2.32. The molecule has 0 aliphatic carbocycles. The molecule has 1 aliphatic rings. The van der Waals surface area contributed by atoms with Gasteiger partial charge in [-0.3, -0.25) is 0 Å². The molecule has 3 aromatic rings. The molecule has 1 aromatic carbocycles. The topological polar surface area (TPSA) is 72.7 Å². The summed E-state index contributed by atoms with van der Waals surface area (Å²) >= 11 is 7.29. The fourth-order valence-electron chi connectivity index (χ4n) is 3.06. The van der Waals surface area contributed by atoms with E-state index in [0.717, 1.165) is 11.3 Å². The minimum atomic E-state index is -0.338. The normalized spacial score (nSPS) is 16.5. The highest BCUT2D eigenvalue weighted by Gasteiger charge is 2.34.